The fourth-order valence-corrected chi connectivity index (χ4v) is 6.62. The fraction of sp³-hybridized carbons (Fsp3) is 0.286. The van der Waals surface area contributed by atoms with E-state index in [-0.39, 0.29) is 12.6 Å². The van der Waals surface area contributed by atoms with Crippen LogP contribution in [0.1, 0.15) is 36.0 Å². The van der Waals surface area contributed by atoms with Gasteiger partial charge in [-0.15, -0.1) is 0 Å². The molecule has 0 aromatic heterocycles. The molecule has 1 aliphatic rings. The van der Waals surface area contributed by atoms with E-state index < -0.39 is 20.2 Å². The molecule has 144 valence electrons. The molecule has 0 saturated heterocycles. The van der Waals surface area contributed by atoms with Gasteiger partial charge in [-0.3, -0.25) is 0 Å². The Morgan fingerprint density at radius 2 is 1.81 bits per heavy atom. The van der Waals surface area contributed by atoms with Crippen molar-refractivity contribution in [3.8, 4) is 11.5 Å². The number of unbranched alkanes of at least 4 members (excludes halogenated alkanes) is 2. The Kier molecular flexibility index (Phi) is 7.11. The maximum atomic E-state index is 12.1. The van der Waals surface area contributed by atoms with Crippen LogP contribution in [0.15, 0.2) is 58.4 Å². The van der Waals surface area contributed by atoms with Gasteiger partial charge < -0.3 is 0 Å². The van der Waals surface area contributed by atoms with Crippen molar-refractivity contribution >= 4 is 26.2 Å². The number of aliphatic hydroxyl groups is 1. The fourth-order valence-electron chi connectivity index (χ4n) is 2.65. The van der Waals surface area contributed by atoms with E-state index in [1.54, 1.807) is 7.11 Å². The summed E-state index contributed by atoms with van der Waals surface area (Å²) in [6, 6.07) is 15.0. The summed E-state index contributed by atoms with van der Waals surface area (Å²) in [6.07, 6.45) is 3.34. The SMILES string of the molecule is COc1ccc(O/C(=C\I2OC(=O)c3ccccc32)CCCCCO)cc1. The van der Waals surface area contributed by atoms with Gasteiger partial charge in [-0.05, 0) is 0 Å². The molecule has 0 spiro atoms. The second-order valence-electron chi connectivity index (χ2n) is 6.01. The Balaban J connectivity index is 1.78. The summed E-state index contributed by atoms with van der Waals surface area (Å²) in [6.45, 7) is 0.196. The number of fused-ring (bicyclic) bond motifs is 1. The van der Waals surface area contributed by atoms with Crippen LogP contribution in [-0.4, -0.2) is 24.8 Å². The van der Waals surface area contributed by atoms with Gasteiger partial charge in [-0.25, -0.2) is 0 Å². The molecule has 0 saturated carbocycles. The second kappa shape index (κ2) is 9.75. The third kappa shape index (κ3) is 5.23. The summed E-state index contributed by atoms with van der Waals surface area (Å²) in [5.41, 5.74) is 0.669. The van der Waals surface area contributed by atoms with Crippen LogP contribution in [-0.2, 0) is 3.07 Å². The maximum absolute atomic E-state index is 12.1. The normalized spacial score (nSPS) is 14.7. The van der Waals surface area contributed by atoms with E-state index in [0.717, 1.165) is 46.5 Å². The Hall–Kier alpha value is -2.06. The average molecular weight is 482 g/mol. The number of carbonyl (C=O) groups is 1. The van der Waals surface area contributed by atoms with Gasteiger partial charge in [0.05, 0.1) is 0 Å². The zero-order valence-corrected chi connectivity index (χ0v) is 17.3. The first kappa shape index (κ1) is 19.7. The van der Waals surface area contributed by atoms with Crippen molar-refractivity contribution in [2.75, 3.05) is 13.7 Å². The van der Waals surface area contributed by atoms with Crippen molar-refractivity contribution in [3.63, 3.8) is 0 Å². The van der Waals surface area contributed by atoms with Crippen LogP contribution < -0.4 is 9.47 Å². The van der Waals surface area contributed by atoms with Crippen molar-refractivity contribution in [2.45, 2.75) is 25.7 Å². The minimum absolute atomic E-state index is 0.196. The number of aliphatic hydroxyl groups excluding tert-OH is 1. The Labute approximate surface area is 166 Å². The molecule has 5 nitrogen and oxygen atoms in total. The van der Waals surface area contributed by atoms with Gasteiger partial charge in [0.25, 0.3) is 0 Å². The quantitative estimate of drug-likeness (QED) is 0.312. The van der Waals surface area contributed by atoms with Crippen LogP contribution in [0.2, 0.25) is 0 Å². The summed E-state index contributed by atoms with van der Waals surface area (Å²) in [5.74, 6) is 2.06. The Bertz CT molecular complexity index is 800. The number of carbonyl (C=O) groups excluding carboxylic acids is 1. The average Bonchev–Trinajstić information content (AvgIpc) is 3.01. The van der Waals surface area contributed by atoms with Gasteiger partial charge in [0.15, 0.2) is 0 Å². The zero-order valence-electron chi connectivity index (χ0n) is 15.2. The number of halogens is 1. The Morgan fingerprint density at radius 3 is 2.56 bits per heavy atom. The van der Waals surface area contributed by atoms with Crippen LogP contribution >= 0.6 is 20.2 Å². The monoisotopic (exact) mass is 482 g/mol. The molecule has 0 aliphatic carbocycles. The molecule has 0 amide bonds. The number of rotatable bonds is 9. The van der Waals surface area contributed by atoms with Gasteiger partial charge >= 0.3 is 167 Å². The first-order valence-electron chi connectivity index (χ1n) is 8.85. The molecule has 0 atom stereocenters. The van der Waals surface area contributed by atoms with Crippen molar-refractivity contribution < 1.29 is 22.4 Å². The first-order chi connectivity index (χ1) is 13.2. The van der Waals surface area contributed by atoms with Gasteiger partial charge in [0.2, 0.25) is 0 Å². The third-order valence-corrected chi connectivity index (χ3v) is 8.28. The van der Waals surface area contributed by atoms with Crippen LogP contribution in [0, 0.1) is 3.57 Å². The molecule has 1 N–H and O–H groups in total. The van der Waals surface area contributed by atoms with E-state index in [0.29, 0.717) is 5.56 Å². The molecule has 0 bridgehead atoms. The molecule has 1 aliphatic heterocycles. The number of benzene rings is 2. The van der Waals surface area contributed by atoms with E-state index in [4.69, 9.17) is 17.6 Å². The first-order valence-corrected chi connectivity index (χ1v) is 12.1. The van der Waals surface area contributed by atoms with Gasteiger partial charge in [-0.1, -0.05) is 0 Å². The summed E-state index contributed by atoms with van der Waals surface area (Å²) in [5, 5.41) is 8.98. The molecule has 0 fully saturated rings. The molecule has 2 aromatic rings. The second-order valence-corrected chi connectivity index (χ2v) is 9.80. The summed E-state index contributed by atoms with van der Waals surface area (Å²) in [4.78, 5) is 12.1. The molecule has 2 aromatic carbocycles. The predicted molar refractivity (Wildman–Crippen MR) is 112 cm³/mol. The van der Waals surface area contributed by atoms with Crippen molar-refractivity contribution in [2.24, 2.45) is 0 Å². The van der Waals surface area contributed by atoms with Crippen LogP contribution in [0.25, 0.3) is 0 Å². The summed E-state index contributed by atoms with van der Waals surface area (Å²) >= 11 is -2.22. The van der Waals surface area contributed by atoms with E-state index in [1.165, 1.54) is 0 Å². The standard InChI is InChI=1S/C21H23IO5/c1-25-16-10-12-17(13-11-16)26-18(7-3-2-6-14-23)15-22-20-9-5-4-8-19(20)21(24)27-22/h4-5,8-13,15,23H,2-3,6-7,14H2,1H3/b18-15-. The molecule has 6 heteroatoms. The van der Waals surface area contributed by atoms with Gasteiger partial charge in [0.1, 0.15) is 0 Å². The number of hydrogen-bond donors (Lipinski definition) is 1. The van der Waals surface area contributed by atoms with E-state index in [2.05, 4.69) is 0 Å². The molecule has 3 rings (SSSR count). The molecular weight excluding hydrogens is 459 g/mol. The van der Waals surface area contributed by atoms with Crippen LogP contribution in [0.4, 0.5) is 0 Å². The van der Waals surface area contributed by atoms with Crippen molar-refractivity contribution in [1.82, 2.24) is 0 Å². The molecule has 0 radical (unpaired) electrons. The zero-order chi connectivity index (χ0) is 19.1. The topological polar surface area (TPSA) is 65.0 Å². The van der Waals surface area contributed by atoms with E-state index in [1.807, 2.05) is 52.6 Å². The van der Waals surface area contributed by atoms with E-state index in [9.17, 15) is 4.79 Å². The summed E-state index contributed by atoms with van der Waals surface area (Å²) < 4.78 is 20.0. The third-order valence-electron chi connectivity index (χ3n) is 4.06. The minimum atomic E-state index is -2.22. The summed E-state index contributed by atoms with van der Waals surface area (Å²) in [7, 11) is 1.63. The van der Waals surface area contributed by atoms with Gasteiger partial charge in [-0.2, -0.15) is 0 Å². The number of ether oxygens (including phenoxy) is 2. The molecule has 0 unspecified atom stereocenters. The van der Waals surface area contributed by atoms with E-state index >= 15 is 0 Å². The molecule has 27 heavy (non-hydrogen) atoms. The predicted octanol–water partition coefficient (Wildman–Crippen LogP) is 4.93. The number of methoxy groups -OCH3 is 1. The molecular formula is C21H23IO5. The van der Waals surface area contributed by atoms with Gasteiger partial charge in [0, 0.05) is 0 Å². The Morgan fingerprint density at radius 1 is 1.07 bits per heavy atom. The number of allylic oxidation sites excluding steroid dienone is 1. The van der Waals surface area contributed by atoms with Crippen molar-refractivity contribution in [3.05, 3.63) is 67.5 Å². The van der Waals surface area contributed by atoms with Crippen molar-refractivity contribution in [1.29, 1.82) is 0 Å². The van der Waals surface area contributed by atoms with Crippen LogP contribution in [0.5, 0.6) is 11.5 Å². The molecule has 1 heterocycles. The number of hydrogen-bond acceptors (Lipinski definition) is 5. The van der Waals surface area contributed by atoms with Crippen LogP contribution in [0.3, 0.4) is 0 Å².